The van der Waals surface area contributed by atoms with E-state index in [2.05, 4.69) is 5.32 Å². The van der Waals surface area contributed by atoms with Crippen molar-refractivity contribution < 1.29 is 19.4 Å². The molecule has 1 amide bonds. The molecule has 0 aliphatic heterocycles. The van der Waals surface area contributed by atoms with E-state index in [-0.39, 0.29) is 12.5 Å². The van der Waals surface area contributed by atoms with Crippen LogP contribution in [-0.2, 0) is 11.2 Å². The predicted molar refractivity (Wildman–Crippen MR) is 81.2 cm³/mol. The van der Waals surface area contributed by atoms with Crippen LogP contribution in [0.15, 0.2) is 35.7 Å². The third-order valence-corrected chi connectivity index (χ3v) is 3.76. The van der Waals surface area contributed by atoms with E-state index in [0.29, 0.717) is 16.3 Å². The second-order valence-electron chi connectivity index (χ2n) is 4.29. The second kappa shape index (κ2) is 6.90. The number of hydrogen-bond donors (Lipinski definition) is 2. The monoisotopic (exact) mass is 305 g/mol. The number of thiophene rings is 1. The van der Waals surface area contributed by atoms with Crippen LogP contribution in [0, 0.1) is 0 Å². The van der Waals surface area contributed by atoms with E-state index in [1.165, 1.54) is 11.3 Å². The molecular formula is C15H15NO4S. The summed E-state index contributed by atoms with van der Waals surface area (Å²) in [5.74, 6) is -0.723. The highest BCUT2D eigenvalue weighted by Gasteiger charge is 2.12. The van der Waals surface area contributed by atoms with Gasteiger partial charge in [-0.25, -0.2) is 4.79 Å². The molecule has 2 N–H and O–H groups in total. The predicted octanol–water partition coefficient (Wildman–Crippen LogP) is 3.03. The van der Waals surface area contributed by atoms with Crippen LogP contribution in [0.2, 0.25) is 0 Å². The van der Waals surface area contributed by atoms with Crippen LogP contribution in [0.3, 0.4) is 0 Å². The highest BCUT2D eigenvalue weighted by atomic mass is 32.1. The Hall–Kier alpha value is -2.34. The van der Waals surface area contributed by atoms with Gasteiger partial charge in [0.05, 0.1) is 4.88 Å². The van der Waals surface area contributed by atoms with E-state index < -0.39 is 5.97 Å². The molecule has 0 bridgehead atoms. The molecule has 6 heteroatoms. The van der Waals surface area contributed by atoms with Crippen molar-refractivity contribution in [3.63, 3.8) is 0 Å². The Morgan fingerprint density at radius 1 is 1.24 bits per heavy atom. The van der Waals surface area contributed by atoms with Crippen molar-refractivity contribution in [1.29, 1.82) is 0 Å². The molecule has 0 atom stereocenters. The van der Waals surface area contributed by atoms with Crippen molar-refractivity contribution in [2.45, 2.75) is 13.3 Å². The van der Waals surface area contributed by atoms with Crippen LogP contribution in [-0.4, -0.2) is 23.6 Å². The average molecular weight is 305 g/mol. The number of amides is 1. The van der Waals surface area contributed by atoms with E-state index in [1.807, 2.05) is 18.4 Å². The van der Waals surface area contributed by atoms with Crippen molar-refractivity contribution >= 4 is 28.9 Å². The van der Waals surface area contributed by atoms with Gasteiger partial charge in [-0.2, -0.15) is 0 Å². The van der Waals surface area contributed by atoms with Crippen molar-refractivity contribution in [3.05, 3.63) is 46.2 Å². The molecule has 0 fully saturated rings. The van der Waals surface area contributed by atoms with Gasteiger partial charge in [0.2, 0.25) is 0 Å². The third kappa shape index (κ3) is 4.06. The summed E-state index contributed by atoms with van der Waals surface area (Å²) < 4.78 is 5.03. The molecule has 0 aliphatic rings. The molecule has 0 radical (unpaired) electrons. The standard InChI is InChI=1S/C15H15NO4S/c1-2-10-7-8-21-14(10)15(19)16-11-3-5-12(6-4-11)20-9-13(17)18/h3-8H,2,9H2,1H3,(H,16,19)(H,17,18). The van der Waals surface area contributed by atoms with Crippen molar-refractivity contribution in [1.82, 2.24) is 0 Å². The van der Waals surface area contributed by atoms with E-state index in [0.717, 1.165) is 12.0 Å². The van der Waals surface area contributed by atoms with Crippen LogP contribution in [0.4, 0.5) is 5.69 Å². The maximum atomic E-state index is 12.1. The zero-order valence-corrected chi connectivity index (χ0v) is 12.3. The molecular weight excluding hydrogens is 290 g/mol. The lowest BCUT2D eigenvalue weighted by atomic mass is 10.2. The van der Waals surface area contributed by atoms with Gasteiger partial charge in [0.1, 0.15) is 5.75 Å². The number of carboxylic acid groups (broad SMARTS) is 1. The Morgan fingerprint density at radius 3 is 2.57 bits per heavy atom. The van der Waals surface area contributed by atoms with Crippen LogP contribution in [0.25, 0.3) is 0 Å². The minimum Gasteiger partial charge on any atom is -0.482 e. The van der Waals surface area contributed by atoms with Crippen molar-refractivity contribution in [2.24, 2.45) is 0 Å². The number of aryl methyl sites for hydroxylation is 1. The van der Waals surface area contributed by atoms with Gasteiger partial charge in [-0.3, -0.25) is 4.79 Å². The lowest BCUT2D eigenvalue weighted by Gasteiger charge is -2.07. The quantitative estimate of drug-likeness (QED) is 0.860. The summed E-state index contributed by atoms with van der Waals surface area (Å²) in [7, 11) is 0. The van der Waals surface area contributed by atoms with Gasteiger partial charge < -0.3 is 15.2 Å². The van der Waals surface area contributed by atoms with E-state index in [1.54, 1.807) is 24.3 Å². The second-order valence-corrected chi connectivity index (χ2v) is 5.21. The maximum Gasteiger partial charge on any atom is 0.341 e. The van der Waals surface area contributed by atoms with E-state index in [4.69, 9.17) is 9.84 Å². The Morgan fingerprint density at radius 2 is 1.95 bits per heavy atom. The van der Waals surface area contributed by atoms with E-state index >= 15 is 0 Å². The zero-order chi connectivity index (χ0) is 15.2. The van der Waals surface area contributed by atoms with Crippen LogP contribution < -0.4 is 10.1 Å². The fourth-order valence-electron chi connectivity index (χ4n) is 1.78. The zero-order valence-electron chi connectivity index (χ0n) is 11.5. The SMILES string of the molecule is CCc1ccsc1C(=O)Nc1ccc(OCC(=O)O)cc1. The van der Waals surface area contributed by atoms with Gasteiger partial charge in [-0.05, 0) is 47.7 Å². The summed E-state index contributed by atoms with van der Waals surface area (Å²) in [6.45, 7) is 1.62. The van der Waals surface area contributed by atoms with Crippen LogP contribution in [0.1, 0.15) is 22.2 Å². The molecule has 0 saturated carbocycles. The molecule has 21 heavy (non-hydrogen) atoms. The van der Waals surface area contributed by atoms with Crippen LogP contribution in [0.5, 0.6) is 5.75 Å². The smallest absolute Gasteiger partial charge is 0.341 e. The number of carbonyl (C=O) groups is 2. The largest absolute Gasteiger partial charge is 0.482 e. The number of nitrogens with one attached hydrogen (secondary N) is 1. The number of carbonyl (C=O) groups excluding carboxylic acids is 1. The fourth-order valence-corrected chi connectivity index (χ4v) is 2.67. The number of ether oxygens (including phenoxy) is 1. The minimum absolute atomic E-state index is 0.138. The number of rotatable bonds is 6. The number of anilines is 1. The molecule has 1 aromatic carbocycles. The number of benzene rings is 1. The highest BCUT2D eigenvalue weighted by molar-refractivity contribution is 7.12. The topological polar surface area (TPSA) is 75.6 Å². The first-order valence-electron chi connectivity index (χ1n) is 6.42. The third-order valence-electron chi connectivity index (χ3n) is 2.81. The summed E-state index contributed by atoms with van der Waals surface area (Å²) in [4.78, 5) is 23.3. The molecule has 0 unspecified atom stereocenters. The molecule has 0 aliphatic carbocycles. The highest BCUT2D eigenvalue weighted by Crippen LogP contribution is 2.20. The van der Waals surface area contributed by atoms with Gasteiger partial charge in [0.15, 0.2) is 6.61 Å². The molecule has 2 rings (SSSR count). The normalized spacial score (nSPS) is 10.1. The van der Waals surface area contributed by atoms with Crippen LogP contribution >= 0.6 is 11.3 Å². The summed E-state index contributed by atoms with van der Waals surface area (Å²) >= 11 is 1.41. The lowest BCUT2D eigenvalue weighted by Crippen LogP contribution is -2.12. The van der Waals surface area contributed by atoms with Gasteiger partial charge in [-0.1, -0.05) is 6.92 Å². The molecule has 5 nitrogen and oxygen atoms in total. The minimum atomic E-state index is -1.03. The van der Waals surface area contributed by atoms with Gasteiger partial charge in [0, 0.05) is 5.69 Å². The van der Waals surface area contributed by atoms with Crippen molar-refractivity contribution in [3.8, 4) is 5.75 Å². The van der Waals surface area contributed by atoms with Gasteiger partial charge in [0.25, 0.3) is 5.91 Å². The van der Waals surface area contributed by atoms with Crippen molar-refractivity contribution in [2.75, 3.05) is 11.9 Å². The number of carboxylic acids is 1. The first kappa shape index (κ1) is 15.1. The number of aliphatic carboxylic acids is 1. The molecule has 0 spiro atoms. The molecule has 2 aromatic rings. The Labute approximate surface area is 126 Å². The first-order chi connectivity index (χ1) is 10.1. The average Bonchev–Trinajstić information content (AvgIpc) is 2.95. The summed E-state index contributed by atoms with van der Waals surface area (Å²) in [5.41, 5.74) is 1.66. The van der Waals surface area contributed by atoms with Gasteiger partial charge in [-0.15, -0.1) is 11.3 Å². The van der Waals surface area contributed by atoms with E-state index in [9.17, 15) is 9.59 Å². The van der Waals surface area contributed by atoms with Gasteiger partial charge >= 0.3 is 5.97 Å². The molecule has 1 heterocycles. The Balaban J connectivity index is 2.00. The fraction of sp³-hybridized carbons (Fsp3) is 0.200. The lowest BCUT2D eigenvalue weighted by molar-refractivity contribution is -0.139. The number of hydrogen-bond acceptors (Lipinski definition) is 4. The summed E-state index contributed by atoms with van der Waals surface area (Å²) in [6, 6.07) is 8.53. The molecule has 1 aromatic heterocycles. The first-order valence-corrected chi connectivity index (χ1v) is 7.30. The maximum absolute atomic E-state index is 12.1. The Kier molecular flexibility index (Phi) is 4.94. The Bertz CT molecular complexity index is 633. The molecule has 110 valence electrons. The molecule has 0 saturated heterocycles. The summed E-state index contributed by atoms with van der Waals surface area (Å²) in [5, 5.41) is 13.2. The summed E-state index contributed by atoms with van der Waals surface area (Å²) in [6.07, 6.45) is 0.814.